The lowest BCUT2D eigenvalue weighted by atomic mass is 10.2. The van der Waals surface area contributed by atoms with Crippen molar-refractivity contribution in [1.29, 1.82) is 0 Å². The predicted molar refractivity (Wildman–Crippen MR) is 64.2 cm³/mol. The van der Waals surface area contributed by atoms with Crippen molar-refractivity contribution >= 4 is 10.9 Å². The number of fused-ring (bicyclic) bond motifs is 1. The second kappa shape index (κ2) is 3.55. The van der Waals surface area contributed by atoms with Gasteiger partial charge in [0.05, 0.1) is 5.52 Å². The zero-order valence-corrected chi connectivity index (χ0v) is 9.21. The number of aryl methyl sites for hydroxylation is 1. The molecule has 0 radical (unpaired) electrons. The Morgan fingerprint density at radius 3 is 2.82 bits per heavy atom. The first-order chi connectivity index (χ1) is 8.25. The van der Waals surface area contributed by atoms with Crippen LogP contribution in [-0.4, -0.2) is 19.5 Å². The molecule has 0 bridgehead atoms. The molecule has 1 N–H and O–H groups in total. The van der Waals surface area contributed by atoms with E-state index in [9.17, 15) is 4.79 Å². The molecule has 0 saturated heterocycles. The smallest absolute Gasteiger partial charge is 0.248 e. The molecule has 3 aromatic rings. The summed E-state index contributed by atoms with van der Waals surface area (Å²) in [6.07, 6.45) is 5.25. The van der Waals surface area contributed by atoms with E-state index < -0.39 is 0 Å². The molecule has 0 aliphatic rings. The van der Waals surface area contributed by atoms with Crippen LogP contribution in [0, 0.1) is 6.92 Å². The van der Waals surface area contributed by atoms with Crippen LogP contribution in [0.3, 0.4) is 0 Å². The van der Waals surface area contributed by atoms with Crippen molar-refractivity contribution in [2.45, 2.75) is 6.92 Å². The van der Waals surface area contributed by atoms with Gasteiger partial charge >= 0.3 is 0 Å². The second-order valence-corrected chi connectivity index (χ2v) is 3.76. The highest BCUT2D eigenvalue weighted by molar-refractivity contribution is 5.84. The molecule has 0 saturated carbocycles. The van der Waals surface area contributed by atoms with Crippen molar-refractivity contribution in [1.82, 2.24) is 19.5 Å². The van der Waals surface area contributed by atoms with E-state index in [0.717, 1.165) is 22.5 Å². The number of aromatic amines is 1. The zero-order chi connectivity index (χ0) is 11.8. The maximum Gasteiger partial charge on any atom is 0.248 e. The monoisotopic (exact) mass is 226 g/mol. The fraction of sp³-hybridized carbons (Fsp3) is 0.0833. The van der Waals surface area contributed by atoms with Crippen molar-refractivity contribution in [2.75, 3.05) is 0 Å². The maximum absolute atomic E-state index is 11.3. The number of pyridine rings is 2. The normalized spacial score (nSPS) is 10.9. The van der Waals surface area contributed by atoms with E-state index in [2.05, 4.69) is 15.0 Å². The molecule has 5 heteroatoms. The summed E-state index contributed by atoms with van der Waals surface area (Å²) in [5, 5.41) is 0.896. The summed E-state index contributed by atoms with van der Waals surface area (Å²) in [4.78, 5) is 22.5. The van der Waals surface area contributed by atoms with Gasteiger partial charge in [-0.05, 0) is 19.1 Å². The van der Waals surface area contributed by atoms with E-state index in [1.807, 2.05) is 17.7 Å². The van der Waals surface area contributed by atoms with Crippen LogP contribution >= 0.6 is 0 Å². The molecule has 0 amide bonds. The summed E-state index contributed by atoms with van der Waals surface area (Å²) < 4.78 is 1.89. The molecule has 0 spiro atoms. The van der Waals surface area contributed by atoms with Crippen LogP contribution in [0.2, 0.25) is 0 Å². The average molecular weight is 226 g/mol. The number of rotatable bonds is 1. The standard InChI is InChI=1S/C12H10N4O/c1-8-13-6-7-16(8)12-9-2-3-11(17)15-10(9)4-5-14-12/h2-7H,1H3,(H,15,17). The Hall–Kier alpha value is -2.43. The van der Waals surface area contributed by atoms with Crippen molar-refractivity contribution in [3.05, 3.63) is 53.0 Å². The SMILES string of the molecule is Cc1nccn1-c1nccc2[nH]c(=O)ccc12. The Labute approximate surface area is 96.8 Å². The Bertz CT molecular complexity index is 741. The Morgan fingerprint density at radius 2 is 2.06 bits per heavy atom. The third kappa shape index (κ3) is 1.52. The number of H-pyrrole nitrogens is 1. The lowest BCUT2D eigenvalue weighted by Gasteiger charge is -2.07. The lowest BCUT2D eigenvalue weighted by molar-refractivity contribution is 0.942. The van der Waals surface area contributed by atoms with E-state index in [-0.39, 0.29) is 5.56 Å². The molecular weight excluding hydrogens is 216 g/mol. The Kier molecular flexibility index (Phi) is 2.04. The van der Waals surface area contributed by atoms with Crippen LogP contribution in [0.5, 0.6) is 0 Å². The highest BCUT2D eigenvalue weighted by atomic mass is 16.1. The lowest BCUT2D eigenvalue weighted by Crippen LogP contribution is -2.05. The molecule has 5 nitrogen and oxygen atoms in total. The van der Waals surface area contributed by atoms with Crippen LogP contribution in [-0.2, 0) is 0 Å². The van der Waals surface area contributed by atoms with Gasteiger partial charge in [-0.25, -0.2) is 9.97 Å². The molecule has 0 atom stereocenters. The van der Waals surface area contributed by atoms with Crippen molar-refractivity contribution in [2.24, 2.45) is 0 Å². The molecule has 3 aromatic heterocycles. The van der Waals surface area contributed by atoms with Crippen LogP contribution in [0.15, 0.2) is 41.6 Å². The minimum Gasteiger partial charge on any atom is -0.322 e. The highest BCUT2D eigenvalue weighted by Gasteiger charge is 2.06. The first kappa shape index (κ1) is 9.77. The highest BCUT2D eigenvalue weighted by Crippen LogP contribution is 2.17. The fourth-order valence-corrected chi connectivity index (χ4v) is 1.86. The van der Waals surface area contributed by atoms with E-state index in [4.69, 9.17) is 0 Å². The number of aromatic nitrogens is 4. The van der Waals surface area contributed by atoms with Gasteiger partial charge in [0.25, 0.3) is 0 Å². The number of hydrogen-bond donors (Lipinski definition) is 1. The zero-order valence-electron chi connectivity index (χ0n) is 9.21. The molecule has 0 unspecified atom stereocenters. The minimum absolute atomic E-state index is 0.114. The molecular formula is C12H10N4O. The summed E-state index contributed by atoms with van der Waals surface area (Å²) >= 11 is 0. The number of imidazole rings is 1. The van der Waals surface area contributed by atoms with Gasteiger partial charge in [-0.15, -0.1) is 0 Å². The van der Waals surface area contributed by atoms with Gasteiger partial charge in [0, 0.05) is 30.0 Å². The van der Waals surface area contributed by atoms with Crippen molar-refractivity contribution in [3.63, 3.8) is 0 Å². The maximum atomic E-state index is 11.3. The molecule has 0 aromatic carbocycles. The average Bonchev–Trinajstić information content (AvgIpc) is 2.74. The van der Waals surface area contributed by atoms with Gasteiger partial charge in [-0.2, -0.15) is 0 Å². The molecule has 84 valence electrons. The summed E-state index contributed by atoms with van der Waals surface area (Å²) in [6.45, 7) is 1.91. The van der Waals surface area contributed by atoms with Crippen LogP contribution < -0.4 is 5.56 Å². The van der Waals surface area contributed by atoms with Gasteiger partial charge in [0.15, 0.2) is 0 Å². The molecule has 3 heterocycles. The first-order valence-electron chi connectivity index (χ1n) is 5.24. The summed E-state index contributed by atoms with van der Waals surface area (Å²) in [6, 6.07) is 5.06. The summed E-state index contributed by atoms with van der Waals surface area (Å²) in [5.74, 6) is 1.63. The largest absolute Gasteiger partial charge is 0.322 e. The molecule has 17 heavy (non-hydrogen) atoms. The van der Waals surface area contributed by atoms with Gasteiger partial charge in [-0.3, -0.25) is 9.36 Å². The summed E-state index contributed by atoms with van der Waals surface area (Å²) in [5.41, 5.74) is 0.660. The topological polar surface area (TPSA) is 63.6 Å². The number of nitrogens with zero attached hydrogens (tertiary/aromatic N) is 3. The predicted octanol–water partition coefficient (Wildman–Crippen LogP) is 1.42. The third-order valence-corrected chi connectivity index (χ3v) is 2.68. The van der Waals surface area contributed by atoms with Gasteiger partial charge in [0.2, 0.25) is 5.56 Å². The fourth-order valence-electron chi connectivity index (χ4n) is 1.86. The summed E-state index contributed by atoms with van der Waals surface area (Å²) in [7, 11) is 0. The second-order valence-electron chi connectivity index (χ2n) is 3.76. The third-order valence-electron chi connectivity index (χ3n) is 2.68. The van der Waals surface area contributed by atoms with Gasteiger partial charge in [0.1, 0.15) is 11.6 Å². The van der Waals surface area contributed by atoms with E-state index in [0.29, 0.717) is 0 Å². The molecule has 3 rings (SSSR count). The van der Waals surface area contributed by atoms with Gasteiger partial charge in [-0.1, -0.05) is 0 Å². The first-order valence-corrected chi connectivity index (χ1v) is 5.24. The minimum atomic E-state index is -0.114. The molecule has 0 aliphatic carbocycles. The quantitative estimate of drug-likeness (QED) is 0.682. The van der Waals surface area contributed by atoms with Crippen molar-refractivity contribution in [3.8, 4) is 5.82 Å². The number of nitrogens with one attached hydrogen (secondary N) is 1. The van der Waals surface area contributed by atoms with E-state index >= 15 is 0 Å². The van der Waals surface area contributed by atoms with Crippen LogP contribution in [0.4, 0.5) is 0 Å². The van der Waals surface area contributed by atoms with E-state index in [1.54, 1.807) is 24.5 Å². The Morgan fingerprint density at radius 1 is 1.18 bits per heavy atom. The van der Waals surface area contributed by atoms with Gasteiger partial charge < -0.3 is 4.98 Å². The van der Waals surface area contributed by atoms with E-state index in [1.165, 1.54) is 6.07 Å². The Balaban J connectivity index is 2.38. The molecule has 0 fully saturated rings. The van der Waals surface area contributed by atoms with Crippen molar-refractivity contribution < 1.29 is 0 Å². The van der Waals surface area contributed by atoms with Crippen LogP contribution in [0.25, 0.3) is 16.7 Å². The van der Waals surface area contributed by atoms with Crippen LogP contribution in [0.1, 0.15) is 5.82 Å². The molecule has 0 aliphatic heterocycles. The number of hydrogen-bond acceptors (Lipinski definition) is 3.